The highest BCUT2D eigenvalue weighted by Gasteiger charge is 2.07. The summed E-state index contributed by atoms with van der Waals surface area (Å²) in [5.74, 6) is -0.599. The highest BCUT2D eigenvalue weighted by molar-refractivity contribution is 7.85. The van der Waals surface area contributed by atoms with E-state index in [-0.39, 0.29) is 0 Å². The molecule has 0 aliphatic heterocycles. The first-order valence-electron chi connectivity index (χ1n) is 8.69. The Labute approximate surface area is 140 Å². The van der Waals surface area contributed by atoms with E-state index >= 15 is 0 Å². The molecule has 0 unspecified atom stereocenters. The van der Waals surface area contributed by atoms with Gasteiger partial charge < -0.3 is 4.55 Å². The largest absolute Gasteiger partial charge is 0.744 e. The molecule has 0 saturated carbocycles. The molecular weight excluding hydrogens is 315 g/mol. The molecule has 0 bridgehead atoms. The van der Waals surface area contributed by atoms with Crippen molar-refractivity contribution in [1.29, 1.82) is 0 Å². The van der Waals surface area contributed by atoms with Gasteiger partial charge in [0.2, 0.25) is 0 Å². The van der Waals surface area contributed by atoms with Crippen molar-refractivity contribution >= 4 is 10.1 Å². The third kappa shape index (κ3) is 8.47. The van der Waals surface area contributed by atoms with Gasteiger partial charge in [0.1, 0.15) is 15.9 Å². The lowest BCUT2D eigenvalue weighted by atomic mass is 10.0. The van der Waals surface area contributed by atoms with Gasteiger partial charge in [-0.1, -0.05) is 70.8 Å². The second-order valence-electron chi connectivity index (χ2n) is 6.14. The minimum atomic E-state index is -4.58. The Balaban J connectivity index is 2.17. The number of benzene rings is 1. The monoisotopic (exact) mass is 343 g/mol. The van der Waals surface area contributed by atoms with Crippen molar-refractivity contribution < 1.29 is 17.4 Å². The quantitative estimate of drug-likeness (QED) is 0.387. The number of unbranched alkanes of at least 4 members (excludes halogenated alkanes) is 9. The van der Waals surface area contributed by atoms with Crippen molar-refractivity contribution in [3.05, 3.63) is 29.6 Å². The fourth-order valence-electron chi connectivity index (χ4n) is 2.69. The van der Waals surface area contributed by atoms with E-state index < -0.39 is 20.8 Å². The summed E-state index contributed by atoms with van der Waals surface area (Å²) in [5.41, 5.74) is 0.483. The molecule has 5 heteroatoms. The summed E-state index contributed by atoms with van der Waals surface area (Å²) in [4.78, 5) is -0.498. The van der Waals surface area contributed by atoms with Crippen LogP contribution in [0.1, 0.15) is 76.7 Å². The van der Waals surface area contributed by atoms with E-state index in [0.29, 0.717) is 12.0 Å². The maximum absolute atomic E-state index is 13.8. The first-order chi connectivity index (χ1) is 10.9. The summed E-state index contributed by atoms with van der Waals surface area (Å²) in [7, 11) is -4.58. The molecule has 0 heterocycles. The lowest BCUT2D eigenvalue weighted by Gasteiger charge is -2.09. The van der Waals surface area contributed by atoms with Gasteiger partial charge in [-0.05, 0) is 30.5 Å². The summed E-state index contributed by atoms with van der Waals surface area (Å²) < 4.78 is 46.2. The van der Waals surface area contributed by atoms with E-state index in [1.807, 2.05) is 0 Å². The predicted molar refractivity (Wildman–Crippen MR) is 89.9 cm³/mol. The lowest BCUT2D eigenvalue weighted by molar-refractivity contribution is 0.461. The Morgan fingerprint density at radius 3 is 1.91 bits per heavy atom. The fraction of sp³-hybridized carbons (Fsp3) is 0.667. The van der Waals surface area contributed by atoms with Gasteiger partial charge in [-0.25, -0.2) is 12.8 Å². The van der Waals surface area contributed by atoms with Crippen molar-refractivity contribution in [1.82, 2.24) is 0 Å². The van der Waals surface area contributed by atoms with Gasteiger partial charge in [0, 0.05) is 0 Å². The Morgan fingerprint density at radius 2 is 1.43 bits per heavy atom. The molecule has 0 aromatic heterocycles. The van der Waals surface area contributed by atoms with Crippen molar-refractivity contribution in [3.63, 3.8) is 0 Å². The Kier molecular flexibility index (Phi) is 9.41. The summed E-state index contributed by atoms with van der Waals surface area (Å²) >= 11 is 0. The third-order valence-electron chi connectivity index (χ3n) is 4.11. The van der Waals surface area contributed by atoms with E-state index in [1.54, 1.807) is 0 Å². The average Bonchev–Trinajstić information content (AvgIpc) is 2.49. The van der Waals surface area contributed by atoms with Crippen LogP contribution in [0.2, 0.25) is 0 Å². The highest BCUT2D eigenvalue weighted by atomic mass is 32.2. The topological polar surface area (TPSA) is 57.2 Å². The van der Waals surface area contributed by atoms with E-state index in [1.165, 1.54) is 57.1 Å². The van der Waals surface area contributed by atoms with Crippen LogP contribution in [0.5, 0.6) is 0 Å². The van der Waals surface area contributed by atoms with Gasteiger partial charge in [-0.3, -0.25) is 0 Å². The van der Waals surface area contributed by atoms with Gasteiger partial charge >= 0.3 is 0 Å². The van der Waals surface area contributed by atoms with Crippen molar-refractivity contribution in [2.45, 2.75) is 82.4 Å². The molecule has 0 atom stereocenters. The van der Waals surface area contributed by atoms with E-state index in [2.05, 4.69) is 6.92 Å². The number of hydrogen-bond acceptors (Lipinski definition) is 3. The van der Waals surface area contributed by atoms with E-state index in [4.69, 9.17) is 0 Å². The first-order valence-corrected chi connectivity index (χ1v) is 10.1. The number of aryl methyl sites for hydroxylation is 1. The average molecular weight is 343 g/mol. The van der Waals surface area contributed by atoms with Gasteiger partial charge in [0.05, 0.1) is 4.90 Å². The second kappa shape index (κ2) is 10.8. The maximum atomic E-state index is 13.8. The fourth-order valence-corrected chi connectivity index (χ4v) is 3.17. The predicted octanol–water partition coefficient (Wildman–Crippen LogP) is 5.19. The molecular formula is C18H28FO3S-. The van der Waals surface area contributed by atoms with Crippen LogP contribution in [0.15, 0.2) is 23.1 Å². The molecule has 1 aromatic carbocycles. The number of rotatable bonds is 12. The molecule has 3 nitrogen and oxygen atoms in total. The van der Waals surface area contributed by atoms with Crippen LogP contribution < -0.4 is 0 Å². The number of halogens is 1. The maximum Gasteiger partial charge on any atom is 0.127 e. The van der Waals surface area contributed by atoms with Crippen LogP contribution in [0.3, 0.4) is 0 Å². The van der Waals surface area contributed by atoms with Gasteiger partial charge in [0.15, 0.2) is 0 Å². The Morgan fingerprint density at radius 1 is 0.913 bits per heavy atom. The van der Waals surface area contributed by atoms with Crippen LogP contribution >= 0.6 is 0 Å². The summed E-state index contributed by atoms with van der Waals surface area (Å²) in [6.45, 7) is 2.22. The molecule has 0 radical (unpaired) electrons. The van der Waals surface area contributed by atoms with Gasteiger partial charge in [-0.2, -0.15) is 0 Å². The third-order valence-corrected chi connectivity index (χ3v) is 4.94. The van der Waals surface area contributed by atoms with Crippen LogP contribution in [-0.2, 0) is 16.5 Å². The molecule has 0 amide bonds. The molecule has 0 spiro atoms. The van der Waals surface area contributed by atoms with Crippen LogP contribution in [0.25, 0.3) is 0 Å². The lowest BCUT2D eigenvalue weighted by Crippen LogP contribution is -2.01. The zero-order valence-electron chi connectivity index (χ0n) is 14.0. The molecule has 0 N–H and O–H groups in total. The summed E-state index contributed by atoms with van der Waals surface area (Å²) in [6, 6.07) is 3.43. The van der Waals surface area contributed by atoms with Crippen molar-refractivity contribution in [2.75, 3.05) is 0 Å². The zero-order valence-corrected chi connectivity index (χ0v) is 14.8. The minimum Gasteiger partial charge on any atom is -0.744 e. The Bertz CT molecular complexity index is 555. The molecule has 0 fully saturated rings. The molecule has 23 heavy (non-hydrogen) atoms. The minimum absolute atomic E-state index is 0.483. The zero-order chi connectivity index (χ0) is 17.1. The molecule has 0 aliphatic rings. The number of hydrogen-bond donors (Lipinski definition) is 0. The van der Waals surface area contributed by atoms with E-state index in [0.717, 1.165) is 25.3 Å². The SMILES string of the molecule is CCCCCCCCCCCCc1ccc(S(=O)(=O)[O-])cc1F. The van der Waals surface area contributed by atoms with Crippen LogP contribution in [-0.4, -0.2) is 13.0 Å². The highest BCUT2D eigenvalue weighted by Crippen LogP contribution is 2.17. The molecule has 0 aliphatic carbocycles. The smallest absolute Gasteiger partial charge is 0.127 e. The van der Waals surface area contributed by atoms with Crippen LogP contribution in [0.4, 0.5) is 4.39 Å². The van der Waals surface area contributed by atoms with E-state index in [9.17, 15) is 17.4 Å². The van der Waals surface area contributed by atoms with Gasteiger partial charge in [0.25, 0.3) is 0 Å². The molecule has 0 saturated heterocycles. The van der Waals surface area contributed by atoms with Gasteiger partial charge in [-0.15, -0.1) is 0 Å². The van der Waals surface area contributed by atoms with Crippen molar-refractivity contribution in [2.24, 2.45) is 0 Å². The summed E-state index contributed by atoms with van der Waals surface area (Å²) in [6.07, 6.45) is 12.8. The summed E-state index contributed by atoms with van der Waals surface area (Å²) in [5, 5.41) is 0. The molecule has 1 rings (SSSR count). The first kappa shape index (κ1) is 20.1. The second-order valence-corrected chi connectivity index (χ2v) is 7.52. The standard InChI is InChI=1S/C18H29FO3S/c1-2-3-4-5-6-7-8-9-10-11-12-16-13-14-17(15-18(16)19)23(20,21)22/h13-15H,2-12H2,1H3,(H,20,21,22)/p-1. The Hall–Kier alpha value is -0.940. The molecule has 1 aromatic rings. The normalized spacial score (nSPS) is 11.8. The molecule has 132 valence electrons. The van der Waals surface area contributed by atoms with Crippen LogP contribution in [0, 0.1) is 5.82 Å². The van der Waals surface area contributed by atoms with Crippen molar-refractivity contribution in [3.8, 4) is 0 Å².